The van der Waals surface area contributed by atoms with Crippen molar-refractivity contribution in [2.24, 2.45) is 0 Å². The van der Waals surface area contributed by atoms with Gasteiger partial charge in [-0.1, -0.05) is 12.1 Å². The molecule has 0 aliphatic rings. The Balaban J connectivity index is 2.11. The fraction of sp³-hybridized carbons (Fsp3) is 0.0667. The number of ether oxygens (including phenoxy) is 1. The van der Waals surface area contributed by atoms with Gasteiger partial charge in [-0.2, -0.15) is 5.26 Å². The lowest BCUT2D eigenvalue weighted by molar-refractivity contribution is 0.0913. The van der Waals surface area contributed by atoms with E-state index in [0.29, 0.717) is 5.56 Å². The van der Waals surface area contributed by atoms with Crippen molar-refractivity contribution in [1.29, 1.82) is 5.26 Å². The quantitative estimate of drug-likeness (QED) is 0.804. The van der Waals surface area contributed by atoms with Crippen molar-refractivity contribution in [3.63, 3.8) is 0 Å². The van der Waals surface area contributed by atoms with Gasteiger partial charge in [0.2, 0.25) is 5.78 Å². The van der Waals surface area contributed by atoms with Crippen molar-refractivity contribution in [2.45, 2.75) is 0 Å². The minimum absolute atomic E-state index is 0.286. The molecule has 3 nitrogen and oxygen atoms in total. The Morgan fingerprint density at radius 1 is 1.15 bits per heavy atom. The fourth-order valence-electron chi connectivity index (χ4n) is 1.64. The number of carbonyl (C=O) groups is 1. The first-order valence-corrected chi connectivity index (χ1v) is 5.72. The molecule has 0 radical (unpaired) electrons. The van der Waals surface area contributed by atoms with Gasteiger partial charge in [0.05, 0.1) is 17.2 Å². The molecule has 0 saturated heterocycles. The number of benzene rings is 2. The Labute approximate surface area is 114 Å². The number of halogens is 2. The van der Waals surface area contributed by atoms with Crippen LogP contribution in [0.2, 0.25) is 0 Å². The third-order valence-electron chi connectivity index (χ3n) is 2.57. The van der Waals surface area contributed by atoms with Gasteiger partial charge in [-0.15, -0.1) is 0 Å². The first-order valence-electron chi connectivity index (χ1n) is 5.72. The van der Waals surface area contributed by atoms with Gasteiger partial charge in [-0.3, -0.25) is 4.79 Å². The second-order valence-electron chi connectivity index (χ2n) is 3.95. The lowest BCUT2D eigenvalue weighted by Gasteiger charge is -2.07. The molecule has 0 spiro atoms. The van der Waals surface area contributed by atoms with Gasteiger partial charge >= 0.3 is 0 Å². The summed E-state index contributed by atoms with van der Waals surface area (Å²) in [4.78, 5) is 11.7. The first kappa shape index (κ1) is 13.7. The first-order chi connectivity index (χ1) is 9.61. The zero-order chi connectivity index (χ0) is 14.5. The van der Waals surface area contributed by atoms with Crippen LogP contribution < -0.4 is 4.74 Å². The second-order valence-corrected chi connectivity index (χ2v) is 3.95. The Kier molecular flexibility index (Phi) is 4.06. The molecule has 0 aliphatic heterocycles. The maximum absolute atomic E-state index is 13.4. The standard InChI is InChI=1S/C15H9F2NO2/c16-12-5-2-6-13(17)15(12)14(19)9-20-11-4-1-3-10(7-11)8-18/h1-7H,9H2. The van der Waals surface area contributed by atoms with E-state index >= 15 is 0 Å². The lowest BCUT2D eigenvalue weighted by Crippen LogP contribution is -2.15. The molecule has 0 bridgehead atoms. The van der Waals surface area contributed by atoms with Crippen molar-refractivity contribution in [3.05, 3.63) is 65.2 Å². The van der Waals surface area contributed by atoms with Gasteiger partial charge in [0, 0.05) is 0 Å². The molecular weight excluding hydrogens is 264 g/mol. The van der Waals surface area contributed by atoms with Crippen LogP contribution in [0.15, 0.2) is 42.5 Å². The van der Waals surface area contributed by atoms with Crippen LogP contribution in [0.1, 0.15) is 15.9 Å². The van der Waals surface area contributed by atoms with E-state index in [0.717, 1.165) is 12.1 Å². The molecule has 20 heavy (non-hydrogen) atoms. The van der Waals surface area contributed by atoms with E-state index in [1.165, 1.54) is 12.1 Å². The van der Waals surface area contributed by atoms with Crippen molar-refractivity contribution < 1.29 is 18.3 Å². The summed E-state index contributed by atoms with van der Waals surface area (Å²) in [5, 5.41) is 8.72. The number of nitriles is 1. The lowest BCUT2D eigenvalue weighted by atomic mass is 10.1. The molecule has 0 N–H and O–H groups in total. The fourth-order valence-corrected chi connectivity index (χ4v) is 1.64. The van der Waals surface area contributed by atoms with Crippen molar-refractivity contribution in [1.82, 2.24) is 0 Å². The molecule has 5 heteroatoms. The molecule has 0 aromatic heterocycles. The van der Waals surface area contributed by atoms with Crippen LogP contribution >= 0.6 is 0 Å². The molecule has 0 aliphatic carbocycles. The predicted molar refractivity (Wildman–Crippen MR) is 67.3 cm³/mol. The van der Waals surface area contributed by atoms with Crippen LogP contribution in [-0.4, -0.2) is 12.4 Å². The molecular formula is C15H9F2NO2. The van der Waals surface area contributed by atoms with Gasteiger partial charge in [-0.25, -0.2) is 8.78 Å². The Hall–Kier alpha value is -2.74. The summed E-state index contributed by atoms with van der Waals surface area (Å²) in [7, 11) is 0. The van der Waals surface area contributed by atoms with E-state index in [1.807, 2.05) is 6.07 Å². The van der Waals surface area contributed by atoms with Gasteiger partial charge in [0.25, 0.3) is 0 Å². The molecule has 2 rings (SSSR count). The number of rotatable bonds is 4. The normalized spacial score (nSPS) is 9.85. The number of hydrogen-bond acceptors (Lipinski definition) is 3. The summed E-state index contributed by atoms with van der Waals surface area (Å²) < 4.78 is 31.9. The van der Waals surface area contributed by atoms with E-state index in [4.69, 9.17) is 10.00 Å². The van der Waals surface area contributed by atoms with Crippen molar-refractivity contribution >= 4 is 5.78 Å². The van der Waals surface area contributed by atoms with Crippen LogP contribution in [0.3, 0.4) is 0 Å². The van der Waals surface area contributed by atoms with Crippen molar-refractivity contribution in [3.8, 4) is 11.8 Å². The topological polar surface area (TPSA) is 50.1 Å². The molecule has 0 amide bonds. The maximum atomic E-state index is 13.4. The minimum atomic E-state index is -0.927. The van der Waals surface area contributed by atoms with E-state index in [-0.39, 0.29) is 5.75 Å². The summed E-state index contributed by atoms with van der Waals surface area (Å²) in [5.41, 5.74) is -0.254. The Morgan fingerprint density at radius 3 is 2.45 bits per heavy atom. The van der Waals surface area contributed by atoms with Crippen LogP contribution in [0.5, 0.6) is 5.75 Å². The maximum Gasteiger partial charge on any atom is 0.206 e. The molecule has 100 valence electrons. The zero-order valence-electron chi connectivity index (χ0n) is 10.3. The molecule has 2 aromatic carbocycles. The average molecular weight is 273 g/mol. The predicted octanol–water partition coefficient (Wildman–Crippen LogP) is 3.10. The molecule has 0 saturated carbocycles. The number of nitrogens with zero attached hydrogens (tertiary/aromatic N) is 1. The SMILES string of the molecule is N#Cc1cccc(OCC(=O)c2c(F)cccc2F)c1. The highest BCUT2D eigenvalue weighted by Gasteiger charge is 2.17. The van der Waals surface area contributed by atoms with Crippen LogP contribution in [-0.2, 0) is 0 Å². The van der Waals surface area contributed by atoms with Gasteiger partial charge in [0.15, 0.2) is 6.61 Å². The molecule has 0 atom stereocenters. The second kappa shape index (κ2) is 5.93. The number of hydrogen-bond donors (Lipinski definition) is 0. The largest absolute Gasteiger partial charge is 0.485 e. The minimum Gasteiger partial charge on any atom is -0.485 e. The third-order valence-corrected chi connectivity index (χ3v) is 2.57. The van der Waals surface area contributed by atoms with Gasteiger partial charge in [-0.05, 0) is 30.3 Å². The highest BCUT2D eigenvalue weighted by atomic mass is 19.1. The number of carbonyl (C=O) groups excluding carboxylic acids is 1. The third kappa shape index (κ3) is 2.98. The summed E-state index contributed by atoms with van der Waals surface area (Å²) in [6.07, 6.45) is 0. The van der Waals surface area contributed by atoms with Gasteiger partial charge in [0.1, 0.15) is 17.4 Å². The monoisotopic (exact) mass is 273 g/mol. The summed E-state index contributed by atoms with van der Waals surface area (Å²) in [6, 6.07) is 11.3. The van der Waals surface area contributed by atoms with E-state index < -0.39 is 29.6 Å². The Morgan fingerprint density at radius 2 is 1.80 bits per heavy atom. The van der Waals surface area contributed by atoms with Crippen LogP contribution in [0.25, 0.3) is 0 Å². The van der Waals surface area contributed by atoms with Crippen LogP contribution in [0, 0.1) is 23.0 Å². The Bertz CT molecular complexity index is 672. The highest BCUT2D eigenvalue weighted by molar-refractivity contribution is 5.97. The van der Waals surface area contributed by atoms with E-state index in [2.05, 4.69) is 0 Å². The summed E-state index contributed by atoms with van der Waals surface area (Å²) in [6.45, 7) is -0.507. The van der Waals surface area contributed by atoms with E-state index in [9.17, 15) is 13.6 Å². The average Bonchev–Trinajstić information content (AvgIpc) is 2.45. The number of Topliss-reactive ketones (excluding diaryl/α,β-unsaturated/α-hetero) is 1. The molecule has 0 fully saturated rings. The smallest absolute Gasteiger partial charge is 0.206 e. The highest BCUT2D eigenvalue weighted by Crippen LogP contribution is 2.16. The summed E-state index contributed by atoms with van der Waals surface area (Å²) >= 11 is 0. The molecule has 2 aromatic rings. The zero-order valence-corrected chi connectivity index (χ0v) is 10.3. The number of ketones is 1. The van der Waals surface area contributed by atoms with E-state index in [1.54, 1.807) is 18.2 Å². The summed E-state index contributed by atoms with van der Waals surface area (Å²) in [5.74, 6) is -2.37. The van der Waals surface area contributed by atoms with Crippen molar-refractivity contribution in [2.75, 3.05) is 6.61 Å². The van der Waals surface area contributed by atoms with Gasteiger partial charge < -0.3 is 4.74 Å². The molecule has 0 heterocycles. The molecule has 0 unspecified atom stereocenters. The van der Waals surface area contributed by atoms with Crippen LogP contribution in [0.4, 0.5) is 8.78 Å².